The fraction of sp³-hybridized carbons (Fsp3) is 0.0870. The van der Waals surface area contributed by atoms with Gasteiger partial charge < -0.3 is 4.99 Å². The molecule has 27 heavy (non-hydrogen) atoms. The summed E-state index contributed by atoms with van der Waals surface area (Å²) in [6.07, 6.45) is 4.75. The molecule has 0 N–H and O–H groups in total. The van der Waals surface area contributed by atoms with Gasteiger partial charge in [-0.15, -0.1) is 35.5 Å². The van der Waals surface area contributed by atoms with E-state index in [9.17, 15) is 0 Å². The molecule has 4 rings (SSSR count). The summed E-state index contributed by atoms with van der Waals surface area (Å²) in [5.74, 6) is 0. The topological polar surface area (TPSA) is 29.1 Å². The van der Waals surface area contributed by atoms with Crippen LogP contribution in [-0.2, 0) is 39.8 Å². The second-order valence-electron chi connectivity index (χ2n) is 6.16. The van der Waals surface area contributed by atoms with Crippen LogP contribution in [0.2, 0.25) is 0 Å². The molecule has 3 nitrogen and oxygen atoms in total. The molecule has 0 aliphatic heterocycles. The number of hydrogen-bond donors (Lipinski definition) is 0. The Kier molecular flexibility index (Phi) is 6.25. The van der Waals surface area contributed by atoms with E-state index in [1.807, 2.05) is 42.1 Å². The smallest absolute Gasteiger partial charge is 0.146 e. The molecule has 1 heterocycles. The quantitative estimate of drug-likeness (QED) is 0.271. The minimum absolute atomic E-state index is 0. The molecule has 0 atom stereocenters. The first kappa shape index (κ1) is 19.5. The van der Waals surface area contributed by atoms with Crippen molar-refractivity contribution >= 4 is 22.7 Å². The van der Waals surface area contributed by atoms with Crippen molar-refractivity contribution in [3.63, 3.8) is 0 Å². The number of fused-ring (bicyclic) bond motifs is 1. The maximum absolute atomic E-state index is 4.57. The zero-order valence-electron chi connectivity index (χ0n) is 15.3. The van der Waals surface area contributed by atoms with E-state index < -0.39 is 0 Å². The largest absolute Gasteiger partial charge is 0.384 e. The second-order valence-corrected chi connectivity index (χ2v) is 6.16. The third-order valence-corrected chi connectivity index (χ3v) is 4.50. The molecule has 0 spiro atoms. The van der Waals surface area contributed by atoms with Crippen LogP contribution in [0.5, 0.6) is 0 Å². The summed E-state index contributed by atoms with van der Waals surface area (Å²) in [5.41, 5.74) is 4.89. The molecular weight excluding hydrogens is 407 g/mol. The zero-order chi connectivity index (χ0) is 17.9. The van der Waals surface area contributed by atoms with Crippen LogP contribution in [0.3, 0.4) is 0 Å². The number of nitrogens with zero attached hydrogens (tertiary/aromatic N) is 3. The van der Waals surface area contributed by atoms with Gasteiger partial charge in [-0.2, -0.15) is 4.68 Å². The fourth-order valence-electron chi connectivity index (χ4n) is 3.16. The average molecular weight is 425 g/mol. The molecule has 0 unspecified atom stereocenters. The third-order valence-electron chi connectivity index (χ3n) is 4.50. The molecule has 0 fully saturated rings. The summed E-state index contributed by atoms with van der Waals surface area (Å²) < 4.78 is 1.85. The molecule has 0 saturated heterocycles. The van der Waals surface area contributed by atoms with Crippen LogP contribution in [0, 0.1) is 13.0 Å². The monoisotopic (exact) mass is 425 g/mol. The molecule has 0 bridgehead atoms. The molecule has 1 aromatic heterocycles. The summed E-state index contributed by atoms with van der Waals surface area (Å²) in [6, 6.07) is 25.7. The van der Waals surface area contributed by atoms with Gasteiger partial charge in [-0.05, 0) is 46.3 Å². The Morgan fingerprint density at radius 2 is 1.70 bits per heavy atom. The van der Waals surface area contributed by atoms with E-state index in [4.69, 9.17) is 0 Å². The minimum Gasteiger partial charge on any atom is -0.384 e. The minimum atomic E-state index is 0. The Balaban J connectivity index is 0.00000210. The molecule has 0 aliphatic carbocycles. The number of rotatable bonds is 3. The summed E-state index contributed by atoms with van der Waals surface area (Å²) in [6.45, 7) is 2.14. The van der Waals surface area contributed by atoms with Crippen molar-refractivity contribution in [2.75, 3.05) is 0 Å². The number of hydrogen-bond acceptors (Lipinski definition) is 2. The Labute approximate surface area is 184 Å². The summed E-state index contributed by atoms with van der Waals surface area (Å²) in [7, 11) is 1.93. The Morgan fingerprint density at radius 3 is 2.52 bits per heavy atom. The van der Waals surface area contributed by atoms with Crippen LogP contribution in [-0.4, -0.2) is 11.3 Å². The second kappa shape index (κ2) is 8.64. The molecule has 4 aromatic rings. The van der Waals surface area contributed by atoms with E-state index in [-0.39, 0.29) is 32.7 Å². The van der Waals surface area contributed by atoms with Crippen molar-refractivity contribution in [3.8, 4) is 11.3 Å². The number of aliphatic imine (C=N–C) groups is 1. The first-order valence-electron chi connectivity index (χ1n) is 8.51. The Bertz CT molecular complexity index is 1110. The van der Waals surface area contributed by atoms with Gasteiger partial charge in [-0.1, -0.05) is 42.5 Å². The summed E-state index contributed by atoms with van der Waals surface area (Å²) >= 11 is 0. The average Bonchev–Trinajstić information content (AvgIpc) is 2.68. The first-order chi connectivity index (χ1) is 12.7. The van der Waals surface area contributed by atoms with E-state index >= 15 is 0 Å². The van der Waals surface area contributed by atoms with Gasteiger partial charge in [0.15, 0.2) is 0 Å². The van der Waals surface area contributed by atoms with E-state index in [0.29, 0.717) is 0 Å². The van der Waals surface area contributed by atoms with Gasteiger partial charge in [0.25, 0.3) is 0 Å². The van der Waals surface area contributed by atoms with Crippen LogP contribution >= 0.6 is 0 Å². The van der Waals surface area contributed by atoms with E-state index in [1.165, 1.54) is 16.3 Å². The van der Waals surface area contributed by atoms with Crippen molar-refractivity contribution in [2.24, 2.45) is 12.0 Å². The molecule has 0 saturated carbocycles. The van der Waals surface area contributed by atoms with E-state index in [2.05, 4.69) is 65.7 Å². The van der Waals surface area contributed by atoms with Gasteiger partial charge in [-0.3, -0.25) is 0 Å². The van der Waals surface area contributed by atoms with Crippen molar-refractivity contribution < 1.29 is 37.4 Å². The normalized spacial score (nSPS) is 10.9. The van der Waals surface area contributed by atoms with Gasteiger partial charge in [0.2, 0.25) is 0 Å². The maximum atomic E-state index is 4.57. The number of aromatic nitrogens is 2. The number of aryl methyl sites for hydroxylation is 2. The molecule has 129 valence electrons. The standard InChI is InChI=1S/C23H18N3.Y/c1-17-20-11-7-6-10-19(20)12-13-21(17)23-22(14-15-25-26(23)2)24-16-18-8-4-3-5-9-18;/h3-13,15H,1-2H3;/q-1;. The van der Waals surface area contributed by atoms with Crippen molar-refractivity contribution in [2.45, 2.75) is 6.92 Å². The van der Waals surface area contributed by atoms with Crippen molar-refractivity contribution in [1.82, 2.24) is 5.10 Å². The first-order valence-corrected chi connectivity index (χ1v) is 8.51. The molecule has 0 amide bonds. The maximum Gasteiger partial charge on any atom is 0.146 e. The molecular formula is C23H18N3Y-. The van der Waals surface area contributed by atoms with Crippen LogP contribution in [0.4, 0.5) is 5.69 Å². The Hall–Kier alpha value is -2.23. The van der Waals surface area contributed by atoms with E-state index in [1.54, 1.807) is 6.20 Å². The predicted octanol–water partition coefficient (Wildman–Crippen LogP) is 4.46. The zero-order valence-corrected chi connectivity index (χ0v) is 18.2. The third kappa shape index (κ3) is 4.05. The van der Waals surface area contributed by atoms with Gasteiger partial charge in [0, 0.05) is 32.7 Å². The molecule has 0 aliphatic rings. The van der Waals surface area contributed by atoms with Crippen LogP contribution < -0.4 is 4.68 Å². The van der Waals surface area contributed by atoms with Gasteiger partial charge in [0.05, 0.1) is 5.69 Å². The molecule has 3 aromatic carbocycles. The van der Waals surface area contributed by atoms with Gasteiger partial charge in [-0.25, -0.2) is 6.07 Å². The van der Waals surface area contributed by atoms with Crippen LogP contribution in [0.15, 0.2) is 77.9 Å². The van der Waals surface area contributed by atoms with Crippen molar-refractivity contribution in [1.29, 1.82) is 0 Å². The van der Waals surface area contributed by atoms with Crippen LogP contribution in [0.1, 0.15) is 11.1 Å². The molecule has 4 heteroatoms. The van der Waals surface area contributed by atoms with Gasteiger partial charge >= 0.3 is 0 Å². The van der Waals surface area contributed by atoms with E-state index in [0.717, 1.165) is 22.5 Å². The van der Waals surface area contributed by atoms with Gasteiger partial charge in [0.1, 0.15) is 7.05 Å². The predicted molar refractivity (Wildman–Crippen MR) is 105 cm³/mol. The SMILES string of the molecule is Cc1c(-c2c(N=[C-]c3ccccc3)[c-]cn[n+]2C)ccc2ccccc12.[Y]. The Morgan fingerprint density at radius 1 is 0.963 bits per heavy atom. The van der Waals surface area contributed by atoms with Crippen LogP contribution in [0.25, 0.3) is 22.0 Å². The van der Waals surface area contributed by atoms with Crippen molar-refractivity contribution in [3.05, 3.63) is 90.1 Å². The summed E-state index contributed by atoms with van der Waals surface area (Å²) in [4.78, 5) is 4.57. The molecule has 1 radical (unpaired) electrons. The number of benzene rings is 3. The fourth-order valence-corrected chi connectivity index (χ4v) is 3.16. The summed E-state index contributed by atoms with van der Waals surface area (Å²) in [5, 5.41) is 6.82.